The lowest BCUT2D eigenvalue weighted by atomic mass is 9.90. The molecule has 1 aliphatic heterocycles. The summed E-state index contributed by atoms with van der Waals surface area (Å²) >= 11 is 0. The second-order valence-electron chi connectivity index (χ2n) is 5.38. The fraction of sp³-hybridized carbons (Fsp3) is 0.333. The number of aliphatic hydroxyl groups excluding tert-OH is 1. The van der Waals surface area contributed by atoms with Crippen molar-refractivity contribution in [2.75, 3.05) is 13.2 Å². The molecule has 1 heterocycles. The molecule has 126 valence electrons. The minimum absolute atomic E-state index is 0.0488. The molecule has 6 heteroatoms. The molecule has 0 aromatic heterocycles. The number of benzene rings is 2. The van der Waals surface area contributed by atoms with Gasteiger partial charge in [-0.2, -0.15) is 0 Å². The standard InChI is InChI=1S/C18H18O6/c1-3-22-16(20)18(17(21)23-4-2)15(19)14-12-8-6-5-7-11(12)9-10-13(14)24-18/h5-10,15,19H,3-4H2,1-2H3/t15-/m0/s1. The van der Waals surface area contributed by atoms with Gasteiger partial charge in [-0.1, -0.05) is 30.3 Å². The topological polar surface area (TPSA) is 82.1 Å². The summed E-state index contributed by atoms with van der Waals surface area (Å²) in [5, 5.41) is 12.4. The van der Waals surface area contributed by atoms with Gasteiger partial charge in [-0.25, -0.2) is 9.59 Å². The van der Waals surface area contributed by atoms with Crippen LogP contribution in [0.5, 0.6) is 5.75 Å². The number of ether oxygens (including phenoxy) is 3. The van der Waals surface area contributed by atoms with Crippen molar-refractivity contribution in [1.82, 2.24) is 0 Å². The molecular formula is C18H18O6. The first-order valence-corrected chi connectivity index (χ1v) is 7.79. The van der Waals surface area contributed by atoms with Gasteiger partial charge in [-0.3, -0.25) is 0 Å². The Bertz CT molecular complexity index is 779. The van der Waals surface area contributed by atoms with Gasteiger partial charge in [0.1, 0.15) is 11.9 Å². The summed E-state index contributed by atoms with van der Waals surface area (Å²) in [6.07, 6.45) is -1.52. The van der Waals surface area contributed by atoms with Crippen LogP contribution in [0.3, 0.4) is 0 Å². The molecule has 2 aromatic carbocycles. The van der Waals surface area contributed by atoms with Crippen molar-refractivity contribution in [3.8, 4) is 5.75 Å². The van der Waals surface area contributed by atoms with Crippen molar-refractivity contribution in [2.45, 2.75) is 25.6 Å². The predicted molar refractivity (Wildman–Crippen MR) is 85.5 cm³/mol. The van der Waals surface area contributed by atoms with Gasteiger partial charge in [0.25, 0.3) is 0 Å². The number of hydrogen-bond donors (Lipinski definition) is 1. The fourth-order valence-electron chi connectivity index (χ4n) is 2.95. The molecule has 6 nitrogen and oxygen atoms in total. The van der Waals surface area contributed by atoms with Crippen LogP contribution in [0, 0.1) is 0 Å². The molecule has 0 aliphatic carbocycles. The highest BCUT2D eigenvalue weighted by Crippen LogP contribution is 2.47. The Hall–Kier alpha value is -2.60. The van der Waals surface area contributed by atoms with Crippen molar-refractivity contribution in [3.63, 3.8) is 0 Å². The van der Waals surface area contributed by atoms with E-state index < -0.39 is 23.6 Å². The van der Waals surface area contributed by atoms with E-state index in [9.17, 15) is 14.7 Å². The summed E-state index contributed by atoms with van der Waals surface area (Å²) in [4.78, 5) is 25.0. The van der Waals surface area contributed by atoms with E-state index in [0.717, 1.165) is 5.39 Å². The molecule has 1 aliphatic rings. The number of rotatable bonds is 4. The third-order valence-corrected chi connectivity index (χ3v) is 4.02. The van der Waals surface area contributed by atoms with Gasteiger partial charge in [0, 0.05) is 5.56 Å². The Balaban J connectivity index is 2.17. The van der Waals surface area contributed by atoms with Crippen LogP contribution >= 0.6 is 0 Å². The molecule has 0 spiro atoms. The molecule has 1 atom stereocenters. The van der Waals surface area contributed by atoms with Crippen LogP contribution in [0.15, 0.2) is 36.4 Å². The first-order valence-electron chi connectivity index (χ1n) is 7.79. The van der Waals surface area contributed by atoms with Crippen LogP contribution in [0.25, 0.3) is 10.8 Å². The Morgan fingerprint density at radius 2 is 1.71 bits per heavy atom. The normalized spacial score (nSPS) is 17.9. The van der Waals surface area contributed by atoms with Gasteiger partial charge in [0.15, 0.2) is 0 Å². The minimum Gasteiger partial charge on any atom is -0.462 e. The Kier molecular flexibility index (Phi) is 4.15. The van der Waals surface area contributed by atoms with Crippen molar-refractivity contribution >= 4 is 22.7 Å². The molecule has 3 rings (SSSR count). The quantitative estimate of drug-likeness (QED) is 0.683. The van der Waals surface area contributed by atoms with Crippen LogP contribution in [0.4, 0.5) is 0 Å². The van der Waals surface area contributed by atoms with E-state index in [-0.39, 0.29) is 19.0 Å². The SMILES string of the molecule is CCOC(=O)C1(C(=O)OCC)Oc2ccc3ccccc3c2[C@@H]1O. The zero-order chi connectivity index (χ0) is 17.3. The first kappa shape index (κ1) is 16.3. The number of carbonyl (C=O) groups excluding carboxylic acids is 2. The Morgan fingerprint density at radius 3 is 2.33 bits per heavy atom. The maximum absolute atomic E-state index is 12.5. The zero-order valence-corrected chi connectivity index (χ0v) is 13.4. The van der Waals surface area contributed by atoms with E-state index in [1.807, 2.05) is 18.2 Å². The molecule has 0 saturated carbocycles. The number of aliphatic hydroxyl groups is 1. The van der Waals surface area contributed by atoms with Crippen molar-refractivity contribution in [1.29, 1.82) is 0 Å². The maximum Gasteiger partial charge on any atom is 0.365 e. The summed E-state index contributed by atoms with van der Waals surface area (Å²) in [6.45, 7) is 3.32. The second kappa shape index (κ2) is 6.13. The van der Waals surface area contributed by atoms with E-state index in [2.05, 4.69) is 0 Å². The second-order valence-corrected chi connectivity index (χ2v) is 5.38. The third-order valence-electron chi connectivity index (χ3n) is 4.02. The number of carbonyl (C=O) groups is 2. The number of esters is 2. The van der Waals surface area contributed by atoms with Crippen LogP contribution < -0.4 is 4.74 Å². The minimum atomic E-state index is -2.24. The van der Waals surface area contributed by atoms with E-state index in [1.54, 1.807) is 32.0 Å². The van der Waals surface area contributed by atoms with Crippen molar-refractivity contribution in [3.05, 3.63) is 42.0 Å². The third kappa shape index (κ3) is 2.22. The van der Waals surface area contributed by atoms with Crippen LogP contribution in [-0.4, -0.2) is 35.9 Å². The lowest BCUT2D eigenvalue weighted by Crippen LogP contribution is -2.55. The van der Waals surface area contributed by atoms with Crippen LogP contribution in [0.2, 0.25) is 0 Å². The van der Waals surface area contributed by atoms with Gasteiger partial charge >= 0.3 is 17.5 Å². The maximum atomic E-state index is 12.5. The van der Waals surface area contributed by atoms with Crippen LogP contribution in [-0.2, 0) is 19.1 Å². The summed E-state index contributed by atoms with van der Waals surface area (Å²) in [5.41, 5.74) is -1.85. The molecule has 0 saturated heterocycles. The number of fused-ring (bicyclic) bond motifs is 3. The van der Waals surface area contributed by atoms with Gasteiger partial charge in [0.05, 0.1) is 13.2 Å². The fourth-order valence-corrected chi connectivity index (χ4v) is 2.95. The Morgan fingerprint density at radius 1 is 1.08 bits per heavy atom. The van der Waals surface area contributed by atoms with E-state index in [4.69, 9.17) is 14.2 Å². The number of hydrogen-bond acceptors (Lipinski definition) is 6. The van der Waals surface area contributed by atoms with Crippen molar-refractivity contribution in [2.24, 2.45) is 0 Å². The first-order chi connectivity index (χ1) is 11.6. The summed E-state index contributed by atoms with van der Waals surface area (Å²) in [7, 11) is 0. The Labute approximate surface area is 138 Å². The molecule has 24 heavy (non-hydrogen) atoms. The zero-order valence-electron chi connectivity index (χ0n) is 13.4. The lowest BCUT2D eigenvalue weighted by molar-refractivity contribution is -0.187. The highest BCUT2D eigenvalue weighted by atomic mass is 16.6. The average molecular weight is 330 g/mol. The van der Waals surface area contributed by atoms with Crippen LogP contribution in [0.1, 0.15) is 25.5 Å². The van der Waals surface area contributed by atoms with Gasteiger partial charge < -0.3 is 19.3 Å². The average Bonchev–Trinajstić information content (AvgIpc) is 2.90. The summed E-state index contributed by atoms with van der Waals surface area (Å²) < 4.78 is 15.6. The highest BCUT2D eigenvalue weighted by Gasteiger charge is 2.63. The largest absolute Gasteiger partial charge is 0.462 e. The molecule has 0 bridgehead atoms. The van der Waals surface area contributed by atoms with E-state index in [0.29, 0.717) is 10.9 Å². The smallest absolute Gasteiger partial charge is 0.365 e. The molecule has 0 fully saturated rings. The summed E-state index contributed by atoms with van der Waals surface area (Å²) in [5.74, 6) is -1.66. The highest BCUT2D eigenvalue weighted by molar-refractivity contribution is 6.07. The molecular weight excluding hydrogens is 312 g/mol. The molecule has 0 unspecified atom stereocenters. The van der Waals surface area contributed by atoms with E-state index in [1.165, 1.54) is 0 Å². The summed E-state index contributed by atoms with van der Waals surface area (Å²) in [6, 6.07) is 10.8. The lowest BCUT2D eigenvalue weighted by Gasteiger charge is -2.26. The molecule has 2 aromatic rings. The van der Waals surface area contributed by atoms with Crippen molar-refractivity contribution < 1.29 is 28.9 Å². The van der Waals surface area contributed by atoms with Gasteiger partial charge in [-0.15, -0.1) is 0 Å². The van der Waals surface area contributed by atoms with Gasteiger partial charge in [-0.05, 0) is 30.7 Å². The molecule has 0 radical (unpaired) electrons. The molecule has 0 amide bonds. The monoisotopic (exact) mass is 330 g/mol. The molecule has 1 N–H and O–H groups in total. The van der Waals surface area contributed by atoms with Gasteiger partial charge in [0.2, 0.25) is 0 Å². The predicted octanol–water partition coefficient (Wildman–Crippen LogP) is 2.13. The van der Waals surface area contributed by atoms with E-state index >= 15 is 0 Å².